The molecule has 3 aromatic heterocycles. The maximum Gasteiger partial charge on any atom is 2.00 e. The fourth-order valence-corrected chi connectivity index (χ4v) is 7.43. The minimum Gasteiger partial charge on any atom is -0.509 e. The molecule has 0 aliphatic carbocycles. The van der Waals surface area contributed by atoms with E-state index in [0.29, 0.717) is 11.5 Å². The second-order valence-electron chi connectivity index (χ2n) is 13.8. The van der Waals surface area contributed by atoms with Crippen molar-refractivity contribution in [3.05, 3.63) is 130 Å². The number of para-hydroxylation sites is 1. The zero-order valence-electron chi connectivity index (χ0n) is 30.9. The summed E-state index contributed by atoms with van der Waals surface area (Å²) < 4.78 is 10.9. The van der Waals surface area contributed by atoms with E-state index >= 15 is 0 Å². The molecule has 262 valence electrons. The van der Waals surface area contributed by atoms with Crippen LogP contribution in [0.4, 0.5) is 0 Å². The topological polar surface area (TPSA) is 44.9 Å². The molecule has 4 aromatic carbocycles. The number of rotatable bonds is 10. The molecule has 0 unspecified atom stereocenters. The van der Waals surface area contributed by atoms with Crippen molar-refractivity contribution in [2.45, 2.75) is 87.0 Å². The van der Waals surface area contributed by atoms with Crippen LogP contribution in [0.15, 0.2) is 79.0 Å². The number of hydrogen-bond donors (Lipinski definition) is 0. The summed E-state index contributed by atoms with van der Waals surface area (Å²) in [4.78, 5) is 4.81. The summed E-state index contributed by atoms with van der Waals surface area (Å²) >= 11 is 0. The Morgan fingerprint density at radius 1 is 0.784 bits per heavy atom. The second kappa shape index (κ2) is 15.0. The van der Waals surface area contributed by atoms with Crippen molar-refractivity contribution in [2.24, 2.45) is 0 Å². The Morgan fingerprint density at radius 3 is 2.24 bits per heavy atom. The summed E-state index contributed by atoms with van der Waals surface area (Å²) in [5, 5.41) is 7.39. The molecule has 0 aliphatic heterocycles. The Kier molecular flexibility index (Phi) is 10.7. The number of aromatic nitrogens is 4. The Labute approximate surface area is 316 Å². The molecule has 0 fully saturated rings. The Morgan fingerprint density at radius 2 is 1.53 bits per heavy atom. The van der Waals surface area contributed by atoms with Gasteiger partial charge in [-0.3, -0.25) is 4.68 Å². The molecule has 0 bridgehead atoms. The van der Waals surface area contributed by atoms with E-state index in [4.69, 9.17) is 14.8 Å². The maximum absolute atomic E-state index is 6.65. The van der Waals surface area contributed by atoms with Gasteiger partial charge in [0, 0.05) is 34.5 Å². The predicted octanol–water partition coefficient (Wildman–Crippen LogP) is 11.5. The Bertz CT molecular complexity index is 2340. The molecule has 0 N–H and O–H groups in total. The van der Waals surface area contributed by atoms with Crippen molar-refractivity contribution in [1.29, 1.82) is 0 Å². The number of benzene rings is 4. The van der Waals surface area contributed by atoms with Crippen LogP contribution in [0.25, 0.3) is 44.4 Å². The van der Waals surface area contributed by atoms with Crippen LogP contribution in [0, 0.1) is 32.9 Å². The fourth-order valence-electron chi connectivity index (χ4n) is 7.43. The van der Waals surface area contributed by atoms with Crippen molar-refractivity contribution < 1.29 is 25.2 Å². The first-order valence-corrected chi connectivity index (χ1v) is 18.1. The monoisotopic (exact) mass is 764 g/mol. The Hall–Kier alpha value is -4.50. The van der Waals surface area contributed by atoms with E-state index in [2.05, 4.69) is 139 Å². The van der Waals surface area contributed by atoms with Crippen LogP contribution in [-0.4, -0.2) is 19.3 Å². The molecular weight excluding hydrogens is 719 g/mol. The van der Waals surface area contributed by atoms with Crippen LogP contribution in [0.2, 0.25) is 0 Å². The number of fused-ring (bicyclic) bond motifs is 3. The molecule has 0 amide bonds. The fraction of sp³-hybridized carbons (Fsp3) is 0.289. The van der Waals surface area contributed by atoms with Gasteiger partial charge in [0.1, 0.15) is 5.82 Å². The summed E-state index contributed by atoms with van der Waals surface area (Å²) in [6.07, 6.45) is 5.95. The van der Waals surface area contributed by atoms with Crippen LogP contribution in [0.1, 0.15) is 86.2 Å². The van der Waals surface area contributed by atoms with Gasteiger partial charge in [-0.15, -0.1) is 41.3 Å². The van der Waals surface area contributed by atoms with Gasteiger partial charge < -0.3 is 9.30 Å². The summed E-state index contributed by atoms with van der Waals surface area (Å²) in [6, 6.07) is 33.1. The standard InChI is InChI=1S/C45H46N4O.Pd/c1-9-14-32-19-20-46-43(23-32)48-41-16-13-12-15-39(41)40-18-17-37(27-42(40)48)50-38-25-35(28(4)5)24-36(26-38)49-31(8)44(30(7)47-49)45-33(10-2)21-29(6)22-34(45)11-3;/h12-13,15-25,28H,9-11,14H2,1-8H3;/q-2;+2. The van der Waals surface area contributed by atoms with Gasteiger partial charge in [-0.2, -0.15) is 11.2 Å². The van der Waals surface area contributed by atoms with E-state index in [-0.39, 0.29) is 26.3 Å². The largest absolute Gasteiger partial charge is 2.00 e. The molecule has 0 atom stereocenters. The molecule has 0 spiro atoms. The van der Waals surface area contributed by atoms with Gasteiger partial charge in [0.2, 0.25) is 0 Å². The molecule has 51 heavy (non-hydrogen) atoms. The first-order chi connectivity index (χ1) is 24.2. The molecule has 0 saturated heterocycles. The van der Waals surface area contributed by atoms with Gasteiger partial charge in [-0.05, 0) is 97.5 Å². The predicted molar refractivity (Wildman–Crippen MR) is 206 cm³/mol. The smallest absolute Gasteiger partial charge is 0.509 e. The number of nitrogens with zero attached hydrogens (tertiary/aromatic N) is 4. The average molecular weight is 765 g/mol. The van der Waals surface area contributed by atoms with Gasteiger partial charge in [0.15, 0.2) is 0 Å². The third kappa shape index (κ3) is 6.80. The van der Waals surface area contributed by atoms with Crippen molar-refractivity contribution in [1.82, 2.24) is 19.3 Å². The van der Waals surface area contributed by atoms with Crippen molar-refractivity contribution in [2.75, 3.05) is 0 Å². The van der Waals surface area contributed by atoms with Crippen molar-refractivity contribution in [3.8, 4) is 34.1 Å². The summed E-state index contributed by atoms with van der Waals surface area (Å²) in [6.45, 7) is 17.6. The normalized spacial score (nSPS) is 11.5. The van der Waals surface area contributed by atoms with Crippen LogP contribution in [0.5, 0.6) is 11.5 Å². The number of aryl methyl sites for hydroxylation is 5. The molecule has 5 nitrogen and oxygen atoms in total. The van der Waals surface area contributed by atoms with Crippen LogP contribution < -0.4 is 4.74 Å². The zero-order chi connectivity index (χ0) is 35.1. The van der Waals surface area contributed by atoms with Crippen molar-refractivity contribution in [3.63, 3.8) is 0 Å². The molecule has 0 radical (unpaired) electrons. The summed E-state index contributed by atoms with van der Waals surface area (Å²) in [5.41, 5.74) is 14.0. The second-order valence-corrected chi connectivity index (χ2v) is 13.8. The first kappa shape index (κ1) is 36.3. The average Bonchev–Trinajstić information content (AvgIpc) is 3.60. The third-order valence-electron chi connectivity index (χ3n) is 9.85. The third-order valence-corrected chi connectivity index (χ3v) is 9.85. The molecule has 7 aromatic rings. The van der Waals surface area contributed by atoms with Crippen LogP contribution in [0.3, 0.4) is 0 Å². The van der Waals surface area contributed by atoms with E-state index < -0.39 is 0 Å². The SMILES string of the molecule is CCCc1ccnc(-n2c3[c-]c(Oc4[c-]c(-n5nc(C)c(-c6c(CC)cc(C)cc6CC)c5C)cc(C(C)C)c4)ccc3c3ccccc32)c1.[Pd+2]. The van der Waals surface area contributed by atoms with E-state index in [9.17, 15) is 0 Å². The zero-order valence-corrected chi connectivity index (χ0v) is 32.5. The molecule has 0 aliphatic rings. The summed E-state index contributed by atoms with van der Waals surface area (Å²) in [7, 11) is 0. The number of pyridine rings is 1. The minimum atomic E-state index is 0. The van der Waals surface area contributed by atoms with Crippen molar-refractivity contribution >= 4 is 21.8 Å². The van der Waals surface area contributed by atoms with E-state index in [1.54, 1.807) is 0 Å². The summed E-state index contributed by atoms with van der Waals surface area (Å²) in [5.74, 6) is 2.44. The van der Waals surface area contributed by atoms with Crippen LogP contribution >= 0.6 is 0 Å². The van der Waals surface area contributed by atoms with Gasteiger partial charge >= 0.3 is 20.4 Å². The molecular formula is C45H46N4OPd. The number of hydrogen-bond acceptors (Lipinski definition) is 3. The van der Waals surface area contributed by atoms with E-state index in [1.165, 1.54) is 33.4 Å². The van der Waals surface area contributed by atoms with E-state index in [0.717, 1.165) is 75.9 Å². The molecule has 7 rings (SSSR count). The number of ether oxygens (including phenoxy) is 1. The van der Waals surface area contributed by atoms with Crippen LogP contribution in [-0.2, 0) is 39.7 Å². The van der Waals surface area contributed by atoms with Gasteiger partial charge in [0.25, 0.3) is 0 Å². The van der Waals surface area contributed by atoms with Gasteiger partial charge in [-0.25, -0.2) is 4.98 Å². The van der Waals surface area contributed by atoms with Gasteiger partial charge in [0.05, 0.1) is 5.69 Å². The van der Waals surface area contributed by atoms with Gasteiger partial charge in [-0.1, -0.05) is 82.5 Å². The molecule has 6 heteroatoms. The minimum absolute atomic E-state index is 0. The molecule has 0 saturated carbocycles. The quantitative estimate of drug-likeness (QED) is 0.103. The first-order valence-electron chi connectivity index (χ1n) is 18.1. The molecule has 3 heterocycles. The Balaban J connectivity index is 0.00000448. The maximum atomic E-state index is 6.65. The van der Waals surface area contributed by atoms with E-state index in [1.807, 2.05) is 16.9 Å².